The number of anilines is 2. The molecule has 1 aromatic carbocycles. The lowest BCUT2D eigenvalue weighted by Crippen LogP contribution is -2.27. The van der Waals surface area contributed by atoms with E-state index in [1.165, 1.54) is 27.9 Å². The summed E-state index contributed by atoms with van der Waals surface area (Å²) in [5.41, 5.74) is 6.61. The molecule has 11 heteroatoms. The zero-order valence-corrected chi connectivity index (χ0v) is 13.5. The highest BCUT2D eigenvalue weighted by molar-refractivity contribution is 5.90. The molecular weight excluding hydrogens is 330 g/mol. The highest BCUT2D eigenvalue weighted by Crippen LogP contribution is 2.16. The maximum absolute atomic E-state index is 12.4. The number of nitrogens with two attached hydrogens (primary N) is 1. The van der Waals surface area contributed by atoms with E-state index in [-0.39, 0.29) is 29.5 Å². The number of nitrogens with one attached hydrogen (secondary N) is 1. The Morgan fingerprint density at radius 2 is 2.12 bits per heavy atom. The molecule has 0 unspecified atom stereocenters. The summed E-state index contributed by atoms with van der Waals surface area (Å²) in [5, 5.41) is 9.99. The number of oxazole rings is 1. The number of carbonyl (C=O) groups is 2. The Morgan fingerprint density at radius 3 is 2.84 bits per heavy atom. The lowest BCUT2D eigenvalue weighted by atomic mass is 10.3. The van der Waals surface area contributed by atoms with Crippen LogP contribution in [0.25, 0.3) is 11.1 Å². The molecule has 0 aliphatic rings. The number of amides is 2. The highest BCUT2D eigenvalue weighted by atomic mass is 16.4. The van der Waals surface area contributed by atoms with Gasteiger partial charge in [0.15, 0.2) is 11.4 Å². The molecule has 25 heavy (non-hydrogen) atoms. The Balaban J connectivity index is 1.83. The van der Waals surface area contributed by atoms with Gasteiger partial charge in [-0.15, -0.1) is 5.10 Å². The summed E-state index contributed by atoms with van der Waals surface area (Å²) in [5.74, 6) is -1.21. The lowest BCUT2D eigenvalue weighted by molar-refractivity contribution is 0.0882. The molecule has 2 aromatic heterocycles. The van der Waals surface area contributed by atoms with Crippen molar-refractivity contribution in [2.24, 2.45) is 0 Å². The van der Waals surface area contributed by atoms with Crippen molar-refractivity contribution in [3.8, 4) is 0 Å². The van der Waals surface area contributed by atoms with Crippen molar-refractivity contribution in [3.05, 3.63) is 34.9 Å². The van der Waals surface area contributed by atoms with Crippen LogP contribution in [0.3, 0.4) is 0 Å². The Hall–Kier alpha value is -3.63. The zero-order valence-electron chi connectivity index (χ0n) is 13.5. The summed E-state index contributed by atoms with van der Waals surface area (Å²) in [4.78, 5) is 37.3. The molecule has 3 aromatic rings. The Morgan fingerprint density at radius 1 is 1.36 bits per heavy atom. The van der Waals surface area contributed by atoms with E-state index in [1.54, 1.807) is 20.2 Å². The molecule has 0 spiro atoms. The van der Waals surface area contributed by atoms with E-state index in [0.717, 1.165) is 4.57 Å². The molecule has 0 aliphatic heterocycles. The van der Waals surface area contributed by atoms with Crippen molar-refractivity contribution in [2.75, 3.05) is 25.1 Å². The fourth-order valence-corrected chi connectivity index (χ4v) is 2.13. The zero-order chi connectivity index (χ0) is 18.1. The molecular formula is C14H15N7O4. The minimum Gasteiger partial charge on any atom is -0.407 e. The quantitative estimate of drug-likeness (QED) is 0.646. The van der Waals surface area contributed by atoms with E-state index in [0.29, 0.717) is 5.69 Å². The van der Waals surface area contributed by atoms with Gasteiger partial charge in [0.05, 0.1) is 6.20 Å². The predicted molar refractivity (Wildman–Crippen MR) is 88.2 cm³/mol. The number of urea groups is 1. The number of fused-ring (bicyclic) bond motifs is 1. The number of aromatic nitrogens is 4. The van der Waals surface area contributed by atoms with Crippen LogP contribution >= 0.6 is 0 Å². The number of nitrogens with zero attached hydrogens (tertiary/aromatic N) is 5. The van der Waals surface area contributed by atoms with Crippen LogP contribution in [0, 0.1) is 0 Å². The van der Waals surface area contributed by atoms with Gasteiger partial charge in [0, 0.05) is 19.8 Å². The van der Waals surface area contributed by atoms with Crippen molar-refractivity contribution in [1.82, 2.24) is 24.5 Å². The van der Waals surface area contributed by atoms with Crippen LogP contribution in [0.5, 0.6) is 0 Å². The summed E-state index contributed by atoms with van der Waals surface area (Å²) in [6.45, 7) is -0.270. The van der Waals surface area contributed by atoms with E-state index in [2.05, 4.69) is 15.6 Å². The number of nitrogen functional groups attached to an aromatic ring is 1. The van der Waals surface area contributed by atoms with Crippen LogP contribution in [0.15, 0.2) is 33.6 Å². The largest absolute Gasteiger partial charge is 0.426 e. The molecule has 0 aliphatic carbocycles. The maximum atomic E-state index is 12.4. The molecule has 0 atom stereocenters. The normalized spacial score (nSPS) is 10.8. The van der Waals surface area contributed by atoms with Crippen molar-refractivity contribution in [2.45, 2.75) is 6.54 Å². The Labute approximate surface area is 140 Å². The molecule has 0 bridgehead atoms. The summed E-state index contributed by atoms with van der Waals surface area (Å²) >= 11 is 0. The summed E-state index contributed by atoms with van der Waals surface area (Å²) < 4.78 is 7.10. The van der Waals surface area contributed by atoms with Gasteiger partial charge in [-0.25, -0.2) is 18.8 Å². The first-order valence-electron chi connectivity index (χ1n) is 7.18. The van der Waals surface area contributed by atoms with Crippen LogP contribution in [-0.2, 0) is 6.54 Å². The molecule has 3 rings (SSSR count). The van der Waals surface area contributed by atoms with Gasteiger partial charge >= 0.3 is 11.8 Å². The lowest BCUT2D eigenvalue weighted by Gasteiger charge is -2.08. The fourth-order valence-electron chi connectivity index (χ4n) is 2.13. The van der Waals surface area contributed by atoms with Crippen molar-refractivity contribution < 1.29 is 14.0 Å². The minimum atomic E-state index is -0.813. The molecule has 130 valence electrons. The van der Waals surface area contributed by atoms with Gasteiger partial charge < -0.3 is 15.1 Å². The molecule has 2 heterocycles. The molecule has 2 amide bonds. The van der Waals surface area contributed by atoms with Crippen LogP contribution in [-0.4, -0.2) is 50.5 Å². The Bertz CT molecular complexity index is 1010. The van der Waals surface area contributed by atoms with E-state index in [9.17, 15) is 14.4 Å². The van der Waals surface area contributed by atoms with Crippen molar-refractivity contribution in [3.63, 3.8) is 0 Å². The number of benzene rings is 1. The van der Waals surface area contributed by atoms with Crippen LogP contribution in [0.2, 0.25) is 0 Å². The monoisotopic (exact) mass is 345 g/mol. The third-order valence-electron chi connectivity index (χ3n) is 3.33. The first-order chi connectivity index (χ1) is 11.8. The molecule has 0 saturated heterocycles. The van der Waals surface area contributed by atoms with E-state index in [1.807, 2.05) is 0 Å². The molecule has 11 nitrogen and oxygen atoms in total. The first kappa shape index (κ1) is 16.2. The second-order valence-electron chi connectivity index (χ2n) is 5.45. The molecule has 0 saturated carbocycles. The third-order valence-corrected chi connectivity index (χ3v) is 3.33. The summed E-state index contributed by atoms with van der Waals surface area (Å²) in [7, 11) is 3.15. The average Bonchev–Trinajstić information content (AvgIpc) is 3.10. The Kier molecular flexibility index (Phi) is 3.97. The van der Waals surface area contributed by atoms with Gasteiger partial charge in [-0.05, 0) is 18.2 Å². The number of hydrogen-bond donors (Lipinski definition) is 2. The fraction of sp³-hybridized carbons (Fsp3) is 0.214. The third kappa shape index (κ3) is 3.20. The second kappa shape index (κ2) is 6.11. The van der Waals surface area contributed by atoms with E-state index >= 15 is 0 Å². The second-order valence-corrected chi connectivity index (χ2v) is 5.45. The van der Waals surface area contributed by atoms with E-state index < -0.39 is 11.7 Å². The highest BCUT2D eigenvalue weighted by Gasteiger charge is 2.18. The smallest absolute Gasteiger partial charge is 0.407 e. The number of hydrogen-bond acceptors (Lipinski definition) is 7. The van der Waals surface area contributed by atoms with Crippen LogP contribution in [0.1, 0.15) is 4.79 Å². The molecule has 3 N–H and O–H groups in total. The molecule has 0 fully saturated rings. The topological polar surface area (TPSA) is 141 Å². The van der Waals surface area contributed by atoms with Crippen LogP contribution < -0.4 is 16.8 Å². The SMILES string of the molecule is CN(C)C(=O)Nc1cn(CC(=O)n2c(=O)oc3ccc(N)cc32)nn1. The molecule has 0 radical (unpaired) electrons. The minimum absolute atomic E-state index is 0.181. The van der Waals surface area contributed by atoms with Crippen molar-refractivity contribution >= 4 is 34.5 Å². The van der Waals surface area contributed by atoms with E-state index in [4.69, 9.17) is 10.2 Å². The number of rotatable bonds is 3. The van der Waals surface area contributed by atoms with Crippen molar-refractivity contribution in [1.29, 1.82) is 0 Å². The van der Waals surface area contributed by atoms with Gasteiger partial charge in [0.1, 0.15) is 12.1 Å². The first-order valence-corrected chi connectivity index (χ1v) is 7.18. The van der Waals surface area contributed by atoms with Gasteiger partial charge in [-0.2, -0.15) is 0 Å². The maximum Gasteiger partial charge on any atom is 0.426 e. The van der Waals surface area contributed by atoms with Gasteiger partial charge in [-0.3, -0.25) is 10.1 Å². The summed E-state index contributed by atoms with van der Waals surface area (Å²) in [6, 6.07) is 4.17. The summed E-state index contributed by atoms with van der Waals surface area (Å²) in [6.07, 6.45) is 1.38. The predicted octanol–water partition coefficient (Wildman–Crippen LogP) is 0.202. The standard InChI is InChI=1S/C14H15N7O4/c1-19(2)13(23)16-11-6-20(18-17-11)7-12(22)21-9-5-8(15)3-4-10(9)25-14(21)24/h3-6H,7,15H2,1-2H3,(H,16,23). The number of carbonyl (C=O) groups excluding carboxylic acids is 2. The average molecular weight is 345 g/mol. The van der Waals surface area contributed by atoms with Gasteiger partial charge in [0.2, 0.25) is 0 Å². The van der Waals surface area contributed by atoms with Crippen LogP contribution in [0.4, 0.5) is 16.3 Å². The van der Waals surface area contributed by atoms with Gasteiger partial charge in [0.25, 0.3) is 5.91 Å². The van der Waals surface area contributed by atoms with Gasteiger partial charge in [-0.1, -0.05) is 5.21 Å².